The van der Waals surface area contributed by atoms with Crippen molar-refractivity contribution in [3.05, 3.63) is 63.3 Å². The van der Waals surface area contributed by atoms with Crippen LogP contribution < -0.4 is 10.9 Å². The SMILES string of the molecule is CC(C)NCc1cc(=O)[nH]c(C2Cc3ccccc3C2)n1. The standard InChI is InChI=1S/C17H21N3O/c1-11(2)18-10-15-9-16(21)20-17(19-15)14-7-12-5-3-4-6-13(12)8-14/h3-6,9,11,14,18H,7-8,10H2,1-2H3,(H,19,20,21). The number of nitrogens with one attached hydrogen (secondary N) is 2. The molecule has 1 aromatic heterocycles. The summed E-state index contributed by atoms with van der Waals surface area (Å²) in [6.45, 7) is 4.80. The first kappa shape index (κ1) is 14.0. The van der Waals surface area contributed by atoms with Gasteiger partial charge >= 0.3 is 0 Å². The molecule has 0 saturated carbocycles. The highest BCUT2D eigenvalue weighted by atomic mass is 16.1. The molecule has 110 valence electrons. The number of nitrogens with zero attached hydrogens (tertiary/aromatic N) is 1. The molecule has 0 saturated heterocycles. The third-order valence-electron chi connectivity index (χ3n) is 3.94. The fourth-order valence-electron chi connectivity index (χ4n) is 2.87. The van der Waals surface area contributed by atoms with Gasteiger partial charge in [0.05, 0.1) is 5.69 Å². The molecule has 1 heterocycles. The Bertz CT molecular complexity index is 665. The lowest BCUT2D eigenvalue weighted by atomic mass is 10.1. The summed E-state index contributed by atoms with van der Waals surface area (Å²) >= 11 is 0. The zero-order chi connectivity index (χ0) is 14.8. The molecule has 1 aliphatic carbocycles. The van der Waals surface area contributed by atoms with E-state index in [2.05, 4.69) is 53.4 Å². The first-order valence-corrected chi connectivity index (χ1v) is 7.52. The second-order valence-corrected chi connectivity index (χ2v) is 6.03. The molecule has 21 heavy (non-hydrogen) atoms. The van der Waals surface area contributed by atoms with Gasteiger partial charge in [-0.2, -0.15) is 0 Å². The van der Waals surface area contributed by atoms with Crippen molar-refractivity contribution in [3.8, 4) is 0 Å². The van der Waals surface area contributed by atoms with E-state index in [1.807, 2.05) is 0 Å². The fourth-order valence-corrected chi connectivity index (χ4v) is 2.87. The Morgan fingerprint density at radius 2 is 1.95 bits per heavy atom. The van der Waals surface area contributed by atoms with Gasteiger partial charge in [-0.3, -0.25) is 4.79 Å². The number of fused-ring (bicyclic) bond motifs is 1. The smallest absolute Gasteiger partial charge is 0.251 e. The van der Waals surface area contributed by atoms with Gasteiger partial charge in [0, 0.05) is 24.6 Å². The molecule has 1 aromatic carbocycles. The van der Waals surface area contributed by atoms with Crippen molar-refractivity contribution in [2.75, 3.05) is 0 Å². The highest BCUT2D eigenvalue weighted by molar-refractivity contribution is 5.35. The van der Waals surface area contributed by atoms with Gasteiger partial charge < -0.3 is 10.3 Å². The van der Waals surface area contributed by atoms with Crippen molar-refractivity contribution in [2.45, 2.75) is 45.2 Å². The number of benzene rings is 1. The van der Waals surface area contributed by atoms with E-state index in [0.29, 0.717) is 12.6 Å². The molecule has 0 radical (unpaired) electrons. The lowest BCUT2D eigenvalue weighted by molar-refractivity contribution is 0.573. The third-order valence-corrected chi connectivity index (χ3v) is 3.94. The summed E-state index contributed by atoms with van der Waals surface area (Å²) < 4.78 is 0. The maximum Gasteiger partial charge on any atom is 0.251 e. The van der Waals surface area contributed by atoms with Crippen molar-refractivity contribution in [2.24, 2.45) is 0 Å². The first-order valence-electron chi connectivity index (χ1n) is 7.52. The third kappa shape index (κ3) is 3.22. The van der Waals surface area contributed by atoms with Crippen LogP contribution in [0.5, 0.6) is 0 Å². The van der Waals surface area contributed by atoms with Crippen molar-refractivity contribution in [3.63, 3.8) is 0 Å². The predicted octanol–water partition coefficient (Wildman–Crippen LogP) is 2.15. The van der Waals surface area contributed by atoms with E-state index in [4.69, 9.17) is 0 Å². The molecule has 4 heteroatoms. The van der Waals surface area contributed by atoms with Gasteiger partial charge in [-0.05, 0) is 24.0 Å². The van der Waals surface area contributed by atoms with Gasteiger partial charge in [-0.15, -0.1) is 0 Å². The Morgan fingerprint density at radius 1 is 1.29 bits per heavy atom. The number of aromatic nitrogens is 2. The van der Waals surface area contributed by atoms with Crippen LogP contribution in [-0.4, -0.2) is 16.0 Å². The van der Waals surface area contributed by atoms with Crippen molar-refractivity contribution >= 4 is 0 Å². The first-order chi connectivity index (χ1) is 10.1. The molecule has 0 bridgehead atoms. The van der Waals surface area contributed by atoms with Gasteiger partial charge in [0.2, 0.25) is 0 Å². The van der Waals surface area contributed by atoms with Crippen LogP contribution >= 0.6 is 0 Å². The van der Waals surface area contributed by atoms with Crippen LogP contribution in [0.3, 0.4) is 0 Å². The molecule has 0 unspecified atom stereocenters. The van der Waals surface area contributed by atoms with Gasteiger partial charge in [0.15, 0.2) is 0 Å². The predicted molar refractivity (Wildman–Crippen MR) is 83.4 cm³/mol. The Balaban J connectivity index is 1.82. The van der Waals surface area contributed by atoms with E-state index < -0.39 is 0 Å². The van der Waals surface area contributed by atoms with E-state index >= 15 is 0 Å². The second kappa shape index (κ2) is 5.82. The number of rotatable bonds is 4. The summed E-state index contributed by atoms with van der Waals surface area (Å²) in [6.07, 6.45) is 1.92. The molecule has 2 aromatic rings. The van der Waals surface area contributed by atoms with Crippen LogP contribution in [-0.2, 0) is 19.4 Å². The van der Waals surface area contributed by atoms with Crippen LogP contribution in [0.15, 0.2) is 35.1 Å². The van der Waals surface area contributed by atoms with E-state index in [-0.39, 0.29) is 11.5 Å². The van der Waals surface area contributed by atoms with Gasteiger partial charge in [-0.1, -0.05) is 38.1 Å². The summed E-state index contributed by atoms with van der Waals surface area (Å²) in [7, 11) is 0. The number of hydrogen-bond acceptors (Lipinski definition) is 3. The lowest BCUT2D eigenvalue weighted by Crippen LogP contribution is -2.25. The minimum atomic E-state index is -0.0588. The minimum absolute atomic E-state index is 0.0588. The van der Waals surface area contributed by atoms with Crippen molar-refractivity contribution in [1.82, 2.24) is 15.3 Å². The number of aromatic amines is 1. The summed E-state index contributed by atoms with van der Waals surface area (Å²) in [6, 6.07) is 10.4. The summed E-state index contributed by atoms with van der Waals surface area (Å²) in [5.74, 6) is 1.10. The van der Waals surface area contributed by atoms with Gasteiger partial charge in [0.25, 0.3) is 5.56 Å². The number of H-pyrrole nitrogens is 1. The van der Waals surface area contributed by atoms with E-state index in [9.17, 15) is 4.79 Å². The molecule has 3 rings (SSSR count). The van der Waals surface area contributed by atoms with Crippen LogP contribution in [0, 0.1) is 0 Å². The molecule has 4 nitrogen and oxygen atoms in total. The zero-order valence-electron chi connectivity index (χ0n) is 12.5. The Kier molecular flexibility index (Phi) is 3.88. The second-order valence-electron chi connectivity index (χ2n) is 6.03. The lowest BCUT2D eigenvalue weighted by Gasteiger charge is -2.11. The van der Waals surface area contributed by atoms with Crippen LogP contribution in [0.4, 0.5) is 0 Å². The molecular formula is C17H21N3O. The summed E-state index contributed by atoms with van der Waals surface area (Å²) in [5.41, 5.74) is 3.50. The highest BCUT2D eigenvalue weighted by Crippen LogP contribution is 2.31. The molecule has 1 aliphatic rings. The van der Waals surface area contributed by atoms with Crippen LogP contribution in [0.25, 0.3) is 0 Å². The monoisotopic (exact) mass is 283 g/mol. The van der Waals surface area contributed by atoms with E-state index in [1.54, 1.807) is 6.07 Å². The molecule has 2 N–H and O–H groups in total. The topological polar surface area (TPSA) is 57.8 Å². The van der Waals surface area contributed by atoms with E-state index in [1.165, 1.54) is 11.1 Å². The Hall–Kier alpha value is -1.94. The largest absolute Gasteiger partial charge is 0.310 e. The molecule has 0 amide bonds. The Labute approximate surface area is 124 Å². The van der Waals surface area contributed by atoms with Crippen LogP contribution in [0.2, 0.25) is 0 Å². The molecule has 0 fully saturated rings. The summed E-state index contributed by atoms with van der Waals surface area (Å²) in [5, 5.41) is 3.31. The van der Waals surface area contributed by atoms with Crippen molar-refractivity contribution in [1.29, 1.82) is 0 Å². The maximum absolute atomic E-state index is 11.9. The van der Waals surface area contributed by atoms with E-state index in [0.717, 1.165) is 24.4 Å². The minimum Gasteiger partial charge on any atom is -0.310 e. The number of hydrogen-bond donors (Lipinski definition) is 2. The highest BCUT2D eigenvalue weighted by Gasteiger charge is 2.24. The van der Waals surface area contributed by atoms with Gasteiger partial charge in [-0.25, -0.2) is 4.98 Å². The molecular weight excluding hydrogens is 262 g/mol. The normalized spacial score (nSPS) is 14.6. The molecule has 0 spiro atoms. The maximum atomic E-state index is 11.9. The van der Waals surface area contributed by atoms with Gasteiger partial charge in [0.1, 0.15) is 5.82 Å². The zero-order valence-corrected chi connectivity index (χ0v) is 12.5. The van der Waals surface area contributed by atoms with Crippen LogP contribution in [0.1, 0.15) is 42.4 Å². The quantitative estimate of drug-likeness (QED) is 0.904. The summed E-state index contributed by atoms with van der Waals surface area (Å²) in [4.78, 5) is 19.4. The molecule has 0 aliphatic heterocycles. The average Bonchev–Trinajstić information content (AvgIpc) is 2.88. The molecule has 0 atom stereocenters. The fraction of sp³-hybridized carbons (Fsp3) is 0.412. The average molecular weight is 283 g/mol. The van der Waals surface area contributed by atoms with Crippen molar-refractivity contribution < 1.29 is 0 Å². The Morgan fingerprint density at radius 3 is 2.57 bits per heavy atom.